The molecule has 0 atom stereocenters. The standard InChI is InChI=1S/C20H26O3/c1-3-7-19(8-4-1)11-13-21-15-17-23-18-16-22-14-12-20-9-5-2-6-10-20/h1-10H,11-18H2. The molecule has 124 valence electrons. The molecule has 2 aromatic carbocycles. The molecule has 0 heterocycles. The molecule has 0 saturated heterocycles. The molecule has 0 aromatic heterocycles. The molecular formula is C20H26O3. The van der Waals surface area contributed by atoms with Gasteiger partial charge >= 0.3 is 0 Å². The van der Waals surface area contributed by atoms with Gasteiger partial charge < -0.3 is 14.2 Å². The maximum absolute atomic E-state index is 5.56. The number of ether oxygens (including phenoxy) is 3. The van der Waals surface area contributed by atoms with E-state index in [1.54, 1.807) is 0 Å². The van der Waals surface area contributed by atoms with Gasteiger partial charge in [-0.25, -0.2) is 0 Å². The Morgan fingerprint density at radius 3 is 1.17 bits per heavy atom. The third-order valence-electron chi connectivity index (χ3n) is 3.50. The van der Waals surface area contributed by atoms with Crippen molar-refractivity contribution in [2.45, 2.75) is 12.8 Å². The SMILES string of the molecule is c1ccc(CCOCCOCCOCCc2ccccc2)cc1. The summed E-state index contributed by atoms with van der Waals surface area (Å²) in [4.78, 5) is 0. The minimum Gasteiger partial charge on any atom is -0.379 e. The van der Waals surface area contributed by atoms with Crippen molar-refractivity contribution in [3.8, 4) is 0 Å². The number of benzene rings is 2. The summed E-state index contributed by atoms with van der Waals surface area (Å²) in [6.45, 7) is 3.99. The van der Waals surface area contributed by atoms with E-state index < -0.39 is 0 Å². The molecule has 3 nitrogen and oxygen atoms in total. The highest BCUT2D eigenvalue weighted by atomic mass is 16.5. The van der Waals surface area contributed by atoms with Crippen LogP contribution in [0.2, 0.25) is 0 Å². The fourth-order valence-corrected chi connectivity index (χ4v) is 2.21. The van der Waals surface area contributed by atoms with Crippen LogP contribution in [0.1, 0.15) is 11.1 Å². The summed E-state index contributed by atoms with van der Waals surface area (Å²) >= 11 is 0. The smallest absolute Gasteiger partial charge is 0.0701 e. The molecule has 23 heavy (non-hydrogen) atoms. The molecule has 2 aromatic rings. The molecular weight excluding hydrogens is 288 g/mol. The van der Waals surface area contributed by atoms with Crippen LogP contribution in [0.3, 0.4) is 0 Å². The van der Waals surface area contributed by atoms with Crippen LogP contribution in [0.5, 0.6) is 0 Å². The van der Waals surface area contributed by atoms with Crippen LogP contribution >= 0.6 is 0 Å². The minimum absolute atomic E-state index is 0.622. The van der Waals surface area contributed by atoms with Gasteiger partial charge in [-0.05, 0) is 24.0 Å². The average Bonchev–Trinajstić information content (AvgIpc) is 2.61. The topological polar surface area (TPSA) is 27.7 Å². The van der Waals surface area contributed by atoms with Crippen molar-refractivity contribution in [2.24, 2.45) is 0 Å². The largest absolute Gasteiger partial charge is 0.379 e. The van der Waals surface area contributed by atoms with Gasteiger partial charge in [-0.2, -0.15) is 0 Å². The van der Waals surface area contributed by atoms with Gasteiger partial charge in [-0.1, -0.05) is 60.7 Å². The highest BCUT2D eigenvalue weighted by Crippen LogP contribution is 2.00. The zero-order chi connectivity index (χ0) is 16.0. The monoisotopic (exact) mass is 314 g/mol. The van der Waals surface area contributed by atoms with Crippen LogP contribution in [0.15, 0.2) is 60.7 Å². The molecule has 0 radical (unpaired) electrons. The molecule has 0 fully saturated rings. The van der Waals surface area contributed by atoms with E-state index in [0.717, 1.165) is 26.1 Å². The van der Waals surface area contributed by atoms with Gasteiger partial charge in [0.1, 0.15) is 0 Å². The van der Waals surface area contributed by atoms with Gasteiger partial charge in [-0.3, -0.25) is 0 Å². The normalized spacial score (nSPS) is 10.8. The van der Waals surface area contributed by atoms with Crippen LogP contribution in [-0.4, -0.2) is 39.6 Å². The Kier molecular flexibility index (Phi) is 9.09. The first-order valence-corrected chi connectivity index (χ1v) is 8.26. The second-order valence-corrected chi connectivity index (χ2v) is 5.31. The summed E-state index contributed by atoms with van der Waals surface area (Å²) in [5.41, 5.74) is 2.61. The summed E-state index contributed by atoms with van der Waals surface area (Å²) < 4.78 is 16.6. The van der Waals surface area contributed by atoms with Gasteiger partial charge in [-0.15, -0.1) is 0 Å². The fraction of sp³-hybridized carbons (Fsp3) is 0.400. The lowest BCUT2D eigenvalue weighted by atomic mass is 10.2. The van der Waals surface area contributed by atoms with Crippen LogP contribution in [0.4, 0.5) is 0 Å². The van der Waals surface area contributed by atoms with Gasteiger partial charge in [0, 0.05) is 0 Å². The van der Waals surface area contributed by atoms with Crippen LogP contribution in [-0.2, 0) is 27.1 Å². The van der Waals surface area contributed by atoms with E-state index >= 15 is 0 Å². The van der Waals surface area contributed by atoms with Crippen molar-refractivity contribution in [3.05, 3.63) is 71.8 Å². The van der Waals surface area contributed by atoms with Crippen molar-refractivity contribution in [1.82, 2.24) is 0 Å². The number of hydrogen-bond donors (Lipinski definition) is 0. The zero-order valence-electron chi connectivity index (χ0n) is 13.7. The summed E-state index contributed by atoms with van der Waals surface area (Å²) in [5.74, 6) is 0. The summed E-state index contributed by atoms with van der Waals surface area (Å²) in [6, 6.07) is 20.7. The Labute approximate surface area is 139 Å². The molecule has 0 amide bonds. The van der Waals surface area contributed by atoms with E-state index in [4.69, 9.17) is 14.2 Å². The highest BCUT2D eigenvalue weighted by Gasteiger charge is 1.95. The summed E-state index contributed by atoms with van der Waals surface area (Å²) in [6.07, 6.45) is 1.90. The number of rotatable bonds is 12. The first-order valence-electron chi connectivity index (χ1n) is 8.26. The lowest BCUT2D eigenvalue weighted by Gasteiger charge is -2.07. The van der Waals surface area contributed by atoms with E-state index in [0.29, 0.717) is 26.4 Å². The van der Waals surface area contributed by atoms with Crippen molar-refractivity contribution in [3.63, 3.8) is 0 Å². The maximum atomic E-state index is 5.56. The third kappa shape index (κ3) is 8.50. The summed E-state index contributed by atoms with van der Waals surface area (Å²) in [7, 11) is 0. The lowest BCUT2D eigenvalue weighted by molar-refractivity contribution is 0.0156. The lowest BCUT2D eigenvalue weighted by Crippen LogP contribution is -2.11. The van der Waals surface area contributed by atoms with Crippen molar-refractivity contribution in [1.29, 1.82) is 0 Å². The van der Waals surface area contributed by atoms with E-state index in [-0.39, 0.29) is 0 Å². The third-order valence-corrected chi connectivity index (χ3v) is 3.50. The van der Waals surface area contributed by atoms with E-state index in [1.165, 1.54) is 11.1 Å². The van der Waals surface area contributed by atoms with Crippen LogP contribution in [0, 0.1) is 0 Å². The molecule has 0 bridgehead atoms. The molecule has 3 heteroatoms. The van der Waals surface area contributed by atoms with Gasteiger partial charge in [0.2, 0.25) is 0 Å². The predicted octanol–water partition coefficient (Wildman–Crippen LogP) is 3.52. The first kappa shape index (κ1) is 17.7. The predicted molar refractivity (Wildman–Crippen MR) is 92.7 cm³/mol. The second-order valence-electron chi connectivity index (χ2n) is 5.31. The number of hydrogen-bond acceptors (Lipinski definition) is 3. The molecule has 0 N–H and O–H groups in total. The molecule has 2 rings (SSSR count). The molecule has 0 aliphatic carbocycles. The van der Waals surface area contributed by atoms with Crippen molar-refractivity contribution in [2.75, 3.05) is 39.6 Å². The van der Waals surface area contributed by atoms with E-state index in [1.807, 2.05) is 12.1 Å². The summed E-state index contributed by atoms with van der Waals surface area (Å²) in [5, 5.41) is 0. The quantitative estimate of drug-likeness (QED) is 0.561. The molecule has 0 aliphatic heterocycles. The highest BCUT2D eigenvalue weighted by molar-refractivity contribution is 5.15. The zero-order valence-corrected chi connectivity index (χ0v) is 13.7. The molecule has 0 saturated carbocycles. The van der Waals surface area contributed by atoms with Gasteiger partial charge in [0.25, 0.3) is 0 Å². The molecule has 0 unspecified atom stereocenters. The first-order chi connectivity index (χ1) is 11.4. The Balaban J connectivity index is 1.34. The van der Waals surface area contributed by atoms with E-state index in [2.05, 4.69) is 48.5 Å². The van der Waals surface area contributed by atoms with Crippen LogP contribution < -0.4 is 0 Å². The minimum atomic E-state index is 0.622. The second kappa shape index (κ2) is 11.8. The van der Waals surface area contributed by atoms with Gasteiger partial charge in [0.05, 0.1) is 39.6 Å². The fourth-order valence-electron chi connectivity index (χ4n) is 2.21. The Bertz CT molecular complexity index is 451. The van der Waals surface area contributed by atoms with Crippen molar-refractivity contribution < 1.29 is 14.2 Å². The maximum Gasteiger partial charge on any atom is 0.0701 e. The molecule has 0 aliphatic rings. The van der Waals surface area contributed by atoms with E-state index in [9.17, 15) is 0 Å². The Hall–Kier alpha value is -1.68. The average molecular weight is 314 g/mol. The Morgan fingerprint density at radius 2 is 0.783 bits per heavy atom. The van der Waals surface area contributed by atoms with Crippen molar-refractivity contribution >= 4 is 0 Å². The Morgan fingerprint density at radius 1 is 0.435 bits per heavy atom. The van der Waals surface area contributed by atoms with Crippen LogP contribution in [0.25, 0.3) is 0 Å². The molecule has 0 spiro atoms. The van der Waals surface area contributed by atoms with Gasteiger partial charge in [0.15, 0.2) is 0 Å².